The molecule has 0 bridgehead atoms. The summed E-state index contributed by atoms with van der Waals surface area (Å²) in [5.74, 6) is 0.659. The van der Waals surface area contributed by atoms with E-state index in [1.165, 1.54) is 0 Å². The van der Waals surface area contributed by atoms with Gasteiger partial charge in [-0.05, 0) is 38.2 Å². The van der Waals surface area contributed by atoms with Crippen LogP contribution in [-0.2, 0) is 14.8 Å². The van der Waals surface area contributed by atoms with Gasteiger partial charge in [0.15, 0.2) is 0 Å². The van der Waals surface area contributed by atoms with Gasteiger partial charge >= 0.3 is 0 Å². The summed E-state index contributed by atoms with van der Waals surface area (Å²) < 4.78 is 38.2. The van der Waals surface area contributed by atoms with Crippen molar-refractivity contribution in [3.8, 4) is 5.75 Å². The topological polar surface area (TPSA) is 67.9 Å². The largest absolute Gasteiger partial charge is 0.494 e. The van der Waals surface area contributed by atoms with Crippen molar-refractivity contribution in [1.29, 1.82) is 0 Å². The van der Waals surface area contributed by atoms with Gasteiger partial charge < -0.3 is 14.4 Å². The van der Waals surface area contributed by atoms with Gasteiger partial charge in [0.1, 0.15) is 5.75 Å². The lowest BCUT2D eigenvalue weighted by Gasteiger charge is -2.18. The molecular formula is C14H22N2O4S. The molecule has 0 radical (unpaired) electrons. The van der Waals surface area contributed by atoms with E-state index in [-0.39, 0.29) is 17.0 Å². The molecule has 118 valence electrons. The number of nitrogens with zero attached hydrogens (tertiary/aromatic N) is 1. The second-order valence-electron chi connectivity index (χ2n) is 5.13. The van der Waals surface area contributed by atoms with Crippen LogP contribution in [-0.4, -0.2) is 59.3 Å². The Balaban J connectivity index is 2.10. The third kappa shape index (κ3) is 3.94. The Bertz CT molecular complexity index is 559. The summed E-state index contributed by atoms with van der Waals surface area (Å²) in [6.07, 6.45) is -0.132. The Morgan fingerprint density at radius 3 is 2.52 bits per heavy atom. The van der Waals surface area contributed by atoms with E-state index in [0.29, 0.717) is 25.4 Å². The summed E-state index contributed by atoms with van der Waals surface area (Å²) in [4.78, 5) is 2.27. The molecule has 1 heterocycles. The number of likely N-dealkylation sites (tertiary alicyclic amines) is 1. The molecule has 0 spiro atoms. The highest BCUT2D eigenvalue weighted by Gasteiger charge is 2.34. The fraction of sp³-hybridized carbons (Fsp3) is 0.571. The maximum atomic E-state index is 12.4. The van der Waals surface area contributed by atoms with Crippen LogP contribution in [0.1, 0.15) is 6.92 Å². The molecule has 1 N–H and O–H groups in total. The Hall–Kier alpha value is -1.15. The molecule has 2 atom stereocenters. The lowest BCUT2D eigenvalue weighted by atomic mass is 10.2. The molecule has 1 aliphatic rings. The molecule has 7 heteroatoms. The van der Waals surface area contributed by atoms with E-state index in [1.807, 2.05) is 18.9 Å². The van der Waals surface area contributed by atoms with Crippen molar-refractivity contribution in [3.63, 3.8) is 0 Å². The molecule has 6 nitrogen and oxygen atoms in total. The third-order valence-corrected chi connectivity index (χ3v) is 5.01. The normalized spacial score (nSPS) is 23.4. The maximum Gasteiger partial charge on any atom is 0.240 e. The maximum absolute atomic E-state index is 12.4. The molecule has 1 aliphatic heterocycles. The smallest absolute Gasteiger partial charge is 0.240 e. The molecule has 0 unspecified atom stereocenters. The zero-order valence-corrected chi connectivity index (χ0v) is 13.4. The first-order valence-corrected chi connectivity index (χ1v) is 8.41. The summed E-state index contributed by atoms with van der Waals surface area (Å²) in [6, 6.07) is 6.18. The quantitative estimate of drug-likeness (QED) is 0.837. The first-order chi connectivity index (χ1) is 9.96. The summed E-state index contributed by atoms with van der Waals surface area (Å²) >= 11 is 0. The minimum atomic E-state index is -3.55. The summed E-state index contributed by atoms with van der Waals surface area (Å²) in [7, 11) is -0.0132. The van der Waals surface area contributed by atoms with Crippen molar-refractivity contribution >= 4 is 10.0 Å². The lowest BCUT2D eigenvalue weighted by Crippen LogP contribution is -2.43. The molecule has 0 amide bonds. The molecule has 0 aliphatic carbocycles. The van der Waals surface area contributed by atoms with E-state index in [9.17, 15) is 8.42 Å². The fourth-order valence-corrected chi connectivity index (χ4v) is 3.72. The van der Waals surface area contributed by atoms with Crippen LogP contribution in [0, 0.1) is 0 Å². The molecule has 1 aromatic carbocycles. The van der Waals surface area contributed by atoms with Gasteiger partial charge in [-0.2, -0.15) is 0 Å². The van der Waals surface area contributed by atoms with E-state index < -0.39 is 10.0 Å². The molecule has 0 aromatic heterocycles. The van der Waals surface area contributed by atoms with Gasteiger partial charge in [0.2, 0.25) is 10.0 Å². The van der Waals surface area contributed by atoms with Crippen LogP contribution < -0.4 is 9.46 Å². The zero-order valence-electron chi connectivity index (χ0n) is 12.6. The van der Waals surface area contributed by atoms with Gasteiger partial charge in [-0.25, -0.2) is 13.1 Å². The fourth-order valence-electron chi connectivity index (χ4n) is 2.46. The standard InChI is InChI=1S/C14H22N2O4S/c1-4-20-11-5-7-12(8-6-11)21(17,18)15-13-9-16(2)10-14(13)19-3/h5-8,13-15H,4,9-10H2,1-3H3/t13-,14-/m0/s1. The Kier molecular flexibility index (Phi) is 5.21. The van der Waals surface area contributed by atoms with Crippen molar-refractivity contribution in [2.75, 3.05) is 33.9 Å². The van der Waals surface area contributed by atoms with Gasteiger partial charge in [-0.1, -0.05) is 0 Å². The van der Waals surface area contributed by atoms with Crippen LogP contribution in [0.4, 0.5) is 0 Å². The minimum Gasteiger partial charge on any atom is -0.494 e. The Morgan fingerprint density at radius 1 is 1.29 bits per heavy atom. The first-order valence-electron chi connectivity index (χ1n) is 6.92. The molecule has 2 rings (SSSR count). The number of benzene rings is 1. The van der Waals surface area contributed by atoms with Crippen LogP contribution in [0.2, 0.25) is 0 Å². The summed E-state index contributed by atoms with van der Waals surface area (Å²) in [6.45, 7) is 3.78. The van der Waals surface area contributed by atoms with Crippen LogP contribution in [0.15, 0.2) is 29.2 Å². The highest BCUT2D eigenvalue weighted by molar-refractivity contribution is 7.89. The summed E-state index contributed by atoms with van der Waals surface area (Å²) in [5, 5.41) is 0. The molecule has 0 saturated carbocycles. The highest BCUT2D eigenvalue weighted by atomic mass is 32.2. The van der Waals surface area contributed by atoms with Crippen molar-refractivity contribution in [2.45, 2.75) is 24.0 Å². The lowest BCUT2D eigenvalue weighted by molar-refractivity contribution is 0.0969. The first kappa shape index (κ1) is 16.2. The van der Waals surface area contributed by atoms with Crippen LogP contribution >= 0.6 is 0 Å². The van der Waals surface area contributed by atoms with Crippen molar-refractivity contribution in [1.82, 2.24) is 9.62 Å². The SMILES string of the molecule is CCOc1ccc(S(=O)(=O)N[C@H]2CN(C)C[C@@H]2OC)cc1. The average molecular weight is 314 g/mol. The molecule has 1 aromatic rings. The van der Waals surface area contributed by atoms with Crippen molar-refractivity contribution in [3.05, 3.63) is 24.3 Å². The number of hydrogen-bond acceptors (Lipinski definition) is 5. The van der Waals surface area contributed by atoms with Crippen molar-refractivity contribution < 1.29 is 17.9 Å². The molecule has 21 heavy (non-hydrogen) atoms. The number of likely N-dealkylation sites (N-methyl/N-ethyl adjacent to an activating group) is 1. The molecular weight excluding hydrogens is 292 g/mol. The Morgan fingerprint density at radius 2 is 1.95 bits per heavy atom. The van der Waals surface area contributed by atoms with Crippen LogP contribution in [0.3, 0.4) is 0 Å². The average Bonchev–Trinajstić information content (AvgIpc) is 2.79. The number of rotatable bonds is 6. The number of nitrogens with one attached hydrogen (secondary N) is 1. The predicted octanol–water partition coefficient (Wildman–Crippen LogP) is 0.693. The van der Waals surface area contributed by atoms with Crippen LogP contribution in [0.25, 0.3) is 0 Å². The summed E-state index contributed by atoms with van der Waals surface area (Å²) in [5.41, 5.74) is 0. The number of methoxy groups -OCH3 is 1. The number of sulfonamides is 1. The van der Waals surface area contributed by atoms with E-state index in [2.05, 4.69) is 4.72 Å². The molecule has 1 saturated heterocycles. The monoisotopic (exact) mass is 314 g/mol. The second-order valence-corrected chi connectivity index (χ2v) is 6.84. The Labute approximate surface area is 126 Å². The van der Waals surface area contributed by atoms with E-state index in [0.717, 1.165) is 0 Å². The van der Waals surface area contributed by atoms with Gasteiger partial charge in [0.05, 0.1) is 23.6 Å². The van der Waals surface area contributed by atoms with Crippen molar-refractivity contribution in [2.24, 2.45) is 0 Å². The number of hydrogen-bond donors (Lipinski definition) is 1. The third-order valence-electron chi connectivity index (χ3n) is 3.50. The van der Waals surface area contributed by atoms with E-state index >= 15 is 0 Å². The molecule has 1 fully saturated rings. The van der Waals surface area contributed by atoms with Crippen LogP contribution in [0.5, 0.6) is 5.75 Å². The highest BCUT2D eigenvalue weighted by Crippen LogP contribution is 2.18. The van der Waals surface area contributed by atoms with E-state index in [4.69, 9.17) is 9.47 Å². The van der Waals surface area contributed by atoms with Gasteiger partial charge in [0.25, 0.3) is 0 Å². The second kappa shape index (κ2) is 6.74. The zero-order chi connectivity index (χ0) is 15.5. The van der Waals surface area contributed by atoms with Gasteiger partial charge in [-0.15, -0.1) is 0 Å². The number of ether oxygens (including phenoxy) is 2. The predicted molar refractivity (Wildman–Crippen MR) is 80.0 cm³/mol. The van der Waals surface area contributed by atoms with E-state index in [1.54, 1.807) is 31.4 Å². The van der Waals surface area contributed by atoms with Gasteiger partial charge in [-0.3, -0.25) is 0 Å². The minimum absolute atomic E-state index is 0.132. The van der Waals surface area contributed by atoms with Gasteiger partial charge in [0, 0.05) is 20.2 Å².